The van der Waals surface area contributed by atoms with E-state index in [1.54, 1.807) is 25.5 Å². The molecule has 0 aliphatic carbocycles. The molecule has 0 atom stereocenters. The Labute approximate surface area is 195 Å². The van der Waals surface area contributed by atoms with E-state index in [4.69, 9.17) is 4.74 Å². The quantitative estimate of drug-likeness (QED) is 0.0949. The second kappa shape index (κ2) is 10.9. The van der Waals surface area contributed by atoms with Crippen molar-refractivity contribution in [2.24, 2.45) is 5.16 Å². The van der Waals surface area contributed by atoms with Gasteiger partial charge in [-0.15, -0.1) is 0 Å². The molecule has 0 saturated carbocycles. The zero-order valence-electron chi connectivity index (χ0n) is 17.0. The van der Waals surface area contributed by atoms with Gasteiger partial charge < -0.3 is 15.3 Å². The molecule has 2 rings (SSSR count). The van der Waals surface area contributed by atoms with Crippen LogP contribution < -0.4 is 14.8 Å². The Hall–Kier alpha value is -2.43. The van der Waals surface area contributed by atoms with E-state index in [1.807, 2.05) is 0 Å². The number of halogens is 2. The highest BCUT2D eigenvalue weighted by Gasteiger charge is 2.22. The van der Waals surface area contributed by atoms with Crippen LogP contribution in [0.2, 0.25) is 0 Å². The molecular formula is C16H20BrFN6O6S2. The average molecular weight is 555 g/mol. The number of hydrogen-bond acceptors (Lipinski definition) is 10. The molecule has 2 aromatic rings. The molecule has 176 valence electrons. The molecule has 1 aromatic carbocycles. The van der Waals surface area contributed by atoms with Gasteiger partial charge in [-0.3, -0.25) is 0 Å². The van der Waals surface area contributed by atoms with E-state index in [0.29, 0.717) is 5.69 Å². The topological polar surface area (TPSA) is 168 Å². The van der Waals surface area contributed by atoms with E-state index in [0.717, 1.165) is 11.8 Å². The molecule has 1 amide bonds. The third-order valence-corrected chi connectivity index (χ3v) is 5.79. The van der Waals surface area contributed by atoms with Crippen LogP contribution in [-0.2, 0) is 14.9 Å². The Morgan fingerprint density at radius 3 is 2.72 bits per heavy atom. The van der Waals surface area contributed by atoms with Gasteiger partial charge in [0.2, 0.25) is 5.84 Å². The molecule has 1 aromatic heterocycles. The maximum absolute atomic E-state index is 13.4. The van der Waals surface area contributed by atoms with Crippen LogP contribution in [0.5, 0.6) is 0 Å². The standard InChI is InChI=1S/C16H20BrFN6O6S2/c1-16(2,3)29-15(25)24-32(27,28)19-6-7-31-14-12(22-30-23-14)13(21-26)20-9-4-5-11(18)10(17)8-9/h4-5,8,19,26H,6-7H2,1-3H3,(H,20,21)(H,24,25). The molecule has 32 heavy (non-hydrogen) atoms. The van der Waals surface area contributed by atoms with Crippen molar-refractivity contribution in [3.63, 3.8) is 0 Å². The highest BCUT2D eigenvalue weighted by Crippen LogP contribution is 2.23. The fourth-order valence-corrected chi connectivity index (χ4v) is 4.00. The van der Waals surface area contributed by atoms with Gasteiger partial charge in [-0.05, 0) is 65.2 Å². The molecule has 0 bridgehead atoms. The summed E-state index contributed by atoms with van der Waals surface area (Å²) in [4.78, 5) is 11.6. The van der Waals surface area contributed by atoms with E-state index < -0.39 is 27.7 Å². The number of anilines is 1. The van der Waals surface area contributed by atoms with Crippen molar-refractivity contribution < 1.29 is 32.2 Å². The molecule has 0 spiro atoms. The minimum absolute atomic E-state index is 0.0488. The molecule has 0 aliphatic rings. The molecule has 0 aliphatic heterocycles. The predicted octanol–water partition coefficient (Wildman–Crippen LogP) is 2.67. The Morgan fingerprint density at radius 2 is 2.09 bits per heavy atom. The number of aromatic nitrogens is 2. The second-order valence-electron chi connectivity index (χ2n) is 6.97. The van der Waals surface area contributed by atoms with Gasteiger partial charge in [0.1, 0.15) is 11.4 Å². The maximum Gasteiger partial charge on any atom is 0.422 e. The largest absolute Gasteiger partial charge is 0.443 e. The Morgan fingerprint density at radius 1 is 1.38 bits per heavy atom. The normalized spacial score (nSPS) is 12.5. The molecule has 0 unspecified atom stereocenters. The third kappa shape index (κ3) is 8.25. The van der Waals surface area contributed by atoms with Gasteiger partial charge in [0.05, 0.1) is 4.47 Å². The lowest BCUT2D eigenvalue weighted by atomic mass is 10.2. The molecular weight excluding hydrogens is 535 g/mol. The number of hydrogen-bond donors (Lipinski definition) is 4. The van der Waals surface area contributed by atoms with Crippen molar-refractivity contribution in [1.29, 1.82) is 0 Å². The fraction of sp³-hybridized carbons (Fsp3) is 0.375. The average Bonchev–Trinajstić information content (AvgIpc) is 3.12. The van der Waals surface area contributed by atoms with Gasteiger partial charge in [-0.1, -0.05) is 16.9 Å². The summed E-state index contributed by atoms with van der Waals surface area (Å²) in [6, 6.07) is 4.04. The number of nitrogens with one attached hydrogen (secondary N) is 3. The maximum atomic E-state index is 13.4. The van der Waals surface area contributed by atoms with Gasteiger partial charge in [0.15, 0.2) is 10.7 Å². The highest BCUT2D eigenvalue weighted by atomic mass is 79.9. The first-order valence-electron chi connectivity index (χ1n) is 8.80. The molecule has 0 saturated heterocycles. The van der Waals surface area contributed by atoms with Crippen LogP contribution >= 0.6 is 27.7 Å². The van der Waals surface area contributed by atoms with Crippen molar-refractivity contribution in [3.05, 3.63) is 34.2 Å². The lowest BCUT2D eigenvalue weighted by molar-refractivity contribution is 0.0569. The first kappa shape index (κ1) is 25.8. The number of oxime groups is 1. The molecule has 0 radical (unpaired) electrons. The number of amides is 1. The van der Waals surface area contributed by atoms with Gasteiger partial charge >= 0.3 is 16.3 Å². The Bertz CT molecular complexity index is 1090. The van der Waals surface area contributed by atoms with Gasteiger partial charge in [0, 0.05) is 18.0 Å². The first-order valence-corrected chi connectivity index (χ1v) is 12.1. The van der Waals surface area contributed by atoms with Gasteiger partial charge in [0.25, 0.3) is 0 Å². The summed E-state index contributed by atoms with van der Waals surface area (Å²) in [5, 5.41) is 22.7. The van der Waals surface area contributed by atoms with Crippen LogP contribution in [0.4, 0.5) is 14.9 Å². The summed E-state index contributed by atoms with van der Waals surface area (Å²) in [6.45, 7) is 4.71. The number of amidine groups is 1. The van der Waals surface area contributed by atoms with E-state index in [2.05, 4.69) is 46.1 Å². The summed E-state index contributed by atoms with van der Waals surface area (Å²) in [5.74, 6) is -0.433. The van der Waals surface area contributed by atoms with Crippen LogP contribution in [0.3, 0.4) is 0 Å². The summed E-state index contributed by atoms with van der Waals surface area (Å²) >= 11 is 4.09. The van der Waals surface area contributed by atoms with Crippen molar-refractivity contribution in [1.82, 2.24) is 19.8 Å². The summed E-state index contributed by atoms with van der Waals surface area (Å²) in [7, 11) is -4.13. The number of rotatable bonds is 8. The zero-order chi connectivity index (χ0) is 23.9. The SMILES string of the molecule is CC(C)(C)OC(=O)NS(=O)(=O)NCCSc1nonc1/C(=N/O)Nc1ccc(F)c(Br)c1. The molecule has 16 heteroatoms. The molecule has 12 nitrogen and oxygen atoms in total. The summed E-state index contributed by atoms with van der Waals surface area (Å²) in [5.41, 5.74) is -0.408. The van der Waals surface area contributed by atoms with Crippen molar-refractivity contribution in [2.45, 2.75) is 31.4 Å². The van der Waals surface area contributed by atoms with Crippen molar-refractivity contribution in [3.8, 4) is 0 Å². The van der Waals surface area contributed by atoms with Crippen molar-refractivity contribution in [2.75, 3.05) is 17.6 Å². The monoisotopic (exact) mass is 554 g/mol. The number of nitrogens with zero attached hydrogens (tertiary/aromatic N) is 3. The number of ether oxygens (including phenoxy) is 1. The first-order chi connectivity index (χ1) is 14.9. The molecule has 4 N–H and O–H groups in total. The minimum atomic E-state index is -4.13. The van der Waals surface area contributed by atoms with E-state index in [-0.39, 0.29) is 33.3 Å². The summed E-state index contributed by atoms with van der Waals surface area (Å²) < 4.78 is 50.8. The number of carbonyl (C=O) groups is 1. The van der Waals surface area contributed by atoms with Crippen LogP contribution in [0.25, 0.3) is 0 Å². The Kier molecular flexibility index (Phi) is 8.82. The summed E-state index contributed by atoms with van der Waals surface area (Å²) in [6.07, 6.45) is -1.11. The van der Waals surface area contributed by atoms with Gasteiger partial charge in [-0.2, -0.15) is 13.1 Å². The van der Waals surface area contributed by atoms with Crippen LogP contribution in [0.1, 0.15) is 26.5 Å². The third-order valence-electron chi connectivity index (χ3n) is 3.21. The number of benzene rings is 1. The van der Waals surface area contributed by atoms with E-state index in [1.165, 1.54) is 18.2 Å². The molecule has 1 heterocycles. The van der Waals surface area contributed by atoms with Crippen LogP contribution in [-0.4, -0.2) is 53.8 Å². The Balaban J connectivity index is 1.92. The van der Waals surface area contributed by atoms with Crippen LogP contribution in [0, 0.1) is 5.82 Å². The number of carbonyl (C=O) groups excluding carboxylic acids is 1. The lowest BCUT2D eigenvalue weighted by Crippen LogP contribution is -2.43. The zero-order valence-corrected chi connectivity index (χ0v) is 20.3. The second-order valence-corrected chi connectivity index (χ2v) is 10.4. The van der Waals surface area contributed by atoms with E-state index >= 15 is 0 Å². The number of thioether (sulfide) groups is 1. The fourth-order valence-electron chi connectivity index (χ4n) is 2.03. The van der Waals surface area contributed by atoms with Gasteiger partial charge in [-0.25, -0.2) is 18.5 Å². The predicted molar refractivity (Wildman–Crippen MR) is 117 cm³/mol. The molecule has 0 fully saturated rings. The van der Waals surface area contributed by atoms with E-state index in [9.17, 15) is 22.8 Å². The smallest absolute Gasteiger partial charge is 0.422 e. The highest BCUT2D eigenvalue weighted by molar-refractivity contribution is 9.10. The van der Waals surface area contributed by atoms with Crippen molar-refractivity contribution >= 4 is 55.5 Å². The lowest BCUT2D eigenvalue weighted by Gasteiger charge is -2.19. The minimum Gasteiger partial charge on any atom is -0.443 e. The van der Waals surface area contributed by atoms with Crippen LogP contribution in [0.15, 0.2) is 37.5 Å².